The summed E-state index contributed by atoms with van der Waals surface area (Å²) >= 11 is 0. The van der Waals surface area contributed by atoms with Gasteiger partial charge in [-0.25, -0.2) is 0 Å². The van der Waals surface area contributed by atoms with Gasteiger partial charge in [0, 0.05) is 25.3 Å². The Hall–Kier alpha value is -0.830. The Bertz CT molecular complexity index is 381. The fraction of sp³-hybridized carbons (Fsp3) is 0.812. The lowest BCUT2D eigenvalue weighted by atomic mass is 9.80. The van der Waals surface area contributed by atoms with E-state index in [9.17, 15) is 0 Å². The average Bonchev–Trinajstić information content (AvgIpc) is 2.68. The molecule has 0 saturated heterocycles. The van der Waals surface area contributed by atoms with Crippen LogP contribution in [0.2, 0.25) is 0 Å². The van der Waals surface area contributed by atoms with Gasteiger partial charge in [-0.05, 0) is 30.7 Å². The zero-order valence-corrected chi connectivity index (χ0v) is 13.6. The van der Waals surface area contributed by atoms with Crippen molar-refractivity contribution in [2.24, 2.45) is 12.5 Å². The molecular weight excluding hydrogens is 234 g/mol. The van der Waals surface area contributed by atoms with Crippen molar-refractivity contribution < 1.29 is 0 Å². The molecule has 0 saturated carbocycles. The van der Waals surface area contributed by atoms with Crippen LogP contribution in [0.25, 0.3) is 0 Å². The molecule has 1 heterocycles. The number of nitrogens with zero attached hydrogens (tertiary/aromatic N) is 2. The van der Waals surface area contributed by atoms with Crippen LogP contribution in [0.4, 0.5) is 0 Å². The normalized spacial score (nSPS) is 14.9. The molecule has 3 heteroatoms. The van der Waals surface area contributed by atoms with E-state index in [2.05, 4.69) is 62.8 Å². The highest BCUT2D eigenvalue weighted by Crippen LogP contribution is 2.28. The van der Waals surface area contributed by atoms with Crippen LogP contribution in [-0.4, -0.2) is 22.4 Å². The predicted octanol–water partition coefficient (Wildman–Crippen LogP) is 3.33. The fourth-order valence-electron chi connectivity index (χ4n) is 2.64. The van der Waals surface area contributed by atoms with E-state index in [1.54, 1.807) is 0 Å². The molecule has 0 aliphatic heterocycles. The van der Waals surface area contributed by atoms with Crippen molar-refractivity contribution in [3.8, 4) is 0 Å². The summed E-state index contributed by atoms with van der Waals surface area (Å²) in [5.41, 5.74) is 2.88. The first-order valence-electron chi connectivity index (χ1n) is 7.65. The second-order valence-electron chi connectivity index (χ2n) is 6.38. The fourth-order valence-corrected chi connectivity index (χ4v) is 2.64. The maximum Gasteiger partial charge on any atom is 0.0624 e. The van der Waals surface area contributed by atoms with Crippen LogP contribution < -0.4 is 5.32 Å². The van der Waals surface area contributed by atoms with Crippen molar-refractivity contribution in [2.45, 2.75) is 66.3 Å². The monoisotopic (exact) mass is 265 g/mol. The third-order valence-electron chi connectivity index (χ3n) is 3.79. The molecule has 0 spiro atoms. The van der Waals surface area contributed by atoms with Crippen molar-refractivity contribution in [1.29, 1.82) is 0 Å². The molecule has 0 aromatic carbocycles. The van der Waals surface area contributed by atoms with Gasteiger partial charge in [-0.15, -0.1) is 0 Å². The third-order valence-corrected chi connectivity index (χ3v) is 3.79. The molecule has 1 atom stereocenters. The number of hydrogen-bond acceptors (Lipinski definition) is 2. The summed E-state index contributed by atoms with van der Waals surface area (Å²) in [7, 11) is 2.07. The molecule has 1 rings (SSSR count). The van der Waals surface area contributed by atoms with Crippen LogP contribution in [-0.2, 0) is 19.9 Å². The summed E-state index contributed by atoms with van der Waals surface area (Å²) in [6.07, 6.45) is 4.60. The average molecular weight is 265 g/mol. The summed E-state index contributed by atoms with van der Waals surface area (Å²) in [6.45, 7) is 12.3. The van der Waals surface area contributed by atoms with Crippen LogP contribution in [0.1, 0.15) is 58.8 Å². The molecule has 0 amide bonds. The zero-order chi connectivity index (χ0) is 14.5. The Balaban J connectivity index is 2.78. The van der Waals surface area contributed by atoms with Gasteiger partial charge in [0.2, 0.25) is 0 Å². The molecule has 0 fully saturated rings. The molecule has 0 aliphatic carbocycles. The second-order valence-corrected chi connectivity index (χ2v) is 6.38. The third kappa shape index (κ3) is 4.98. The Labute approximate surface area is 118 Å². The van der Waals surface area contributed by atoms with Crippen molar-refractivity contribution in [2.75, 3.05) is 6.54 Å². The van der Waals surface area contributed by atoms with Crippen LogP contribution in [0.5, 0.6) is 0 Å². The molecule has 0 aliphatic rings. The Morgan fingerprint density at radius 1 is 1.37 bits per heavy atom. The van der Waals surface area contributed by atoms with E-state index in [4.69, 9.17) is 0 Å². The van der Waals surface area contributed by atoms with E-state index < -0.39 is 0 Å². The van der Waals surface area contributed by atoms with Gasteiger partial charge in [0.1, 0.15) is 0 Å². The van der Waals surface area contributed by atoms with Gasteiger partial charge in [0.25, 0.3) is 0 Å². The van der Waals surface area contributed by atoms with Crippen molar-refractivity contribution in [3.63, 3.8) is 0 Å². The first kappa shape index (κ1) is 16.2. The summed E-state index contributed by atoms with van der Waals surface area (Å²) in [4.78, 5) is 0. The van der Waals surface area contributed by atoms with Crippen LogP contribution in [0, 0.1) is 5.41 Å². The minimum absolute atomic E-state index is 0.317. The minimum atomic E-state index is 0.317. The lowest BCUT2D eigenvalue weighted by Crippen LogP contribution is -2.37. The maximum atomic E-state index is 4.56. The molecule has 0 bridgehead atoms. The van der Waals surface area contributed by atoms with Gasteiger partial charge in [0.15, 0.2) is 0 Å². The Kier molecular flexibility index (Phi) is 6.05. The van der Waals surface area contributed by atoms with Gasteiger partial charge >= 0.3 is 0 Å². The molecule has 1 unspecified atom stereocenters. The summed E-state index contributed by atoms with van der Waals surface area (Å²) < 4.78 is 2.06. The second kappa shape index (κ2) is 7.09. The van der Waals surface area contributed by atoms with Crippen molar-refractivity contribution >= 4 is 0 Å². The lowest BCUT2D eigenvalue weighted by molar-refractivity contribution is 0.261. The number of nitrogens with one attached hydrogen (secondary N) is 1. The van der Waals surface area contributed by atoms with Crippen LogP contribution >= 0.6 is 0 Å². The maximum absolute atomic E-state index is 4.56. The van der Waals surface area contributed by atoms with Crippen LogP contribution in [0.3, 0.4) is 0 Å². The van der Waals surface area contributed by atoms with E-state index >= 15 is 0 Å². The number of rotatable bonds is 8. The van der Waals surface area contributed by atoms with Gasteiger partial charge < -0.3 is 5.32 Å². The molecule has 110 valence electrons. The SMILES string of the molecule is CCCC(C)(CNC(C)C)Cc1cc(CC)nn1C. The predicted molar refractivity (Wildman–Crippen MR) is 82.4 cm³/mol. The van der Waals surface area contributed by atoms with Gasteiger partial charge in [-0.1, -0.05) is 41.0 Å². The molecule has 19 heavy (non-hydrogen) atoms. The van der Waals surface area contributed by atoms with E-state index in [0.29, 0.717) is 11.5 Å². The van der Waals surface area contributed by atoms with E-state index in [-0.39, 0.29) is 0 Å². The molecule has 1 aromatic heterocycles. The smallest absolute Gasteiger partial charge is 0.0624 e. The number of aryl methyl sites for hydroxylation is 2. The molecule has 3 nitrogen and oxygen atoms in total. The molecule has 0 radical (unpaired) electrons. The van der Waals surface area contributed by atoms with Crippen LogP contribution in [0.15, 0.2) is 6.07 Å². The van der Waals surface area contributed by atoms with Gasteiger partial charge in [-0.3, -0.25) is 4.68 Å². The summed E-state index contributed by atoms with van der Waals surface area (Å²) in [5, 5.41) is 8.17. The lowest BCUT2D eigenvalue weighted by Gasteiger charge is -2.30. The molecular formula is C16H31N3. The Morgan fingerprint density at radius 3 is 2.53 bits per heavy atom. The first-order chi connectivity index (χ1) is 8.90. The van der Waals surface area contributed by atoms with E-state index in [0.717, 1.165) is 19.4 Å². The van der Waals surface area contributed by atoms with E-state index in [1.165, 1.54) is 24.2 Å². The summed E-state index contributed by atoms with van der Waals surface area (Å²) in [5.74, 6) is 0. The molecule has 1 N–H and O–H groups in total. The Morgan fingerprint density at radius 2 is 2.05 bits per heavy atom. The topological polar surface area (TPSA) is 29.9 Å². The largest absolute Gasteiger partial charge is 0.314 e. The highest BCUT2D eigenvalue weighted by atomic mass is 15.3. The highest BCUT2D eigenvalue weighted by molar-refractivity contribution is 5.12. The minimum Gasteiger partial charge on any atom is -0.314 e. The highest BCUT2D eigenvalue weighted by Gasteiger charge is 2.25. The van der Waals surface area contributed by atoms with E-state index in [1.807, 2.05) is 0 Å². The zero-order valence-electron chi connectivity index (χ0n) is 13.6. The summed E-state index contributed by atoms with van der Waals surface area (Å²) in [6, 6.07) is 2.82. The number of aromatic nitrogens is 2. The molecule has 1 aromatic rings. The first-order valence-corrected chi connectivity index (χ1v) is 7.65. The van der Waals surface area contributed by atoms with Gasteiger partial charge in [-0.2, -0.15) is 5.10 Å². The van der Waals surface area contributed by atoms with Crippen molar-refractivity contribution in [3.05, 3.63) is 17.5 Å². The number of hydrogen-bond donors (Lipinski definition) is 1. The van der Waals surface area contributed by atoms with Crippen molar-refractivity contribution in [1.82, 2.24) is 15.1 Å². The standard InChI is InChI=1S/C16H31N3/c1-7-9-16(5,12-17-13(3)4)11-15-10-14(8-2)18-19(15)6/h10,13,17H,7-9,11-12H2,1-6H3. The van der Waals surface area contributed by atoms with Gasteiger partial charge in [0.05, 0.1) is 5.69 Å². The quantitative estimate of drug-likeness (QED) is 0.781.